The number of nitroso groups, excluding NO2 is 1. The van der Waals surface area contributed by atoms with Crippen molar-refractivity contribution in [3.05, 3.63) is 85.0 Å². The molecular formula is C45H65BIN7O9S3. The van der Waals surface area contributed by atoms with Gasteiger partial charge in [-0.15, -0.1) is 11.3 Å². The van der Waals surface area contributed by atoms with Crippen LogP contribution in [0.2, 0.25) is 0 Å². The molecule has 1 fully saturated rings. The third kappa shape index (κ3) is 18.5. The van der Waals surface area contributed by atoms with E-state index in [1.54, 1.807) is 30.9 Å². The van der Waals surface area contributed by atoms with Gasteiger partial charge in [-0.25, -0.2) is 4.98 Å². The number of hydrogen-bond acceptors (Lipinski definition) is 15. The molecule has 1 saturated heterocycles. The van der Waals surface area contributed by atoms with Gasteiger partial charge in [0.05, 0.1) is 16.7 Å². The predicted molar refractivity (Wildman–Crippen MR) is 256 cm³/mol. The molecule has 0 spiro atoms. The van der Waals surface area contributed by atoms with E-state index in [0.717, 1.165) is 45.9 Å². The smallest absolute Gasteiger partial charge is 0.508 e. The van der Waals surface area contributed by atoms with Gasteiger partial charge in [-0.1, -0.05) is 37.6 Å². The summed E-state index contributed by atoms with van der Waals surface area (Å²) in [5, 5.41) is 15.8. The molecule has 4 rings (SSSR count). The van der Waals surface area contributed by atoms with Crippen molar-refractivity contribution in [2.75, 3.05) is 39.2 Å². The summed E-state index contributed by atoms with van der Waals surface area (Å²) in [5.74, 6) is -0.571. The molecule has 2 aliphatic heterocycles. The summed E-state index contributed by atoms with van der Waals surface area (Å²) < 4.78 is 17.8. The quantitative estimate of drug-likeness (QED) is 0.00819. The Morgan fingerprint density at radius 2 is 1.98 bits per heavy atom. The van der Waals surface area contributed by atoms with Crippen molar-refractivity contribution in [2.45, 2.75) is 124 Å². The number of allylic oxidation sites excluding steroid dienone is 3. The molecule has 3 amide bonds. The number of aryl methyl sites for hydroxylation is 2. The van der Waals surface area contributed by atoms with Gasteiger partial charge >= 0.3 is 125 Å². The third-order valence-electron chi connectivity index (χ3n) is 11.0. The van der Waals surface area contributed by atoms with E-state index in [0.29, 0.717) is 61.2 Å². The maximum absolute atomic E-state index is 14.6. The van der Waals surface area contributed by atoms with Crippen molar-refractivity contribution >= 4 is 59.7 Å². The Morgan fingerprint density at radius 1 is 1.20 bits per heavy atom. The number of hydrogen-bond donors (Lipinski definition) is 4. The van der Waals surface area contributed by atoms with E-state index in [9.17, 15) is 29.2 Å². The van der Waals surface area contributed by atoms with Crippen LogP contribution in [0.3, 0.4) is 0 Å². The second-order valence-corrected chi connectivity index (χ2v) is 24.2. The van der Waals surface area contributed by atoms with E-state index in [1.165, 1.54) is 16.2 Å². The average molecular weight is 1080 g/mol. The normalized spacial score (nSPS) is 16.9. The summed E-state index contributed by atoms with van der Waals surface area (Å²) in [6.07, 6.45) is 7.40. The van der Waals surface area contributed by atoms with Crippen molar-refractivity contribution in [2.24, 2.45) is 5.92 Å². The van der Waals surface area contributed by atoms with Crippen LogP contribution in [-0.4, -0.2) is 112 Å². The molecule has 2 aliphatic rings. The van der Waals surface area contributed by atoms with Crippen LogP contribution in [0.5, 0.6) is 5.75 Å². The molecule has 0 aliphatic carbocycles. The van der Waals surface area contributed by atoms with Crippen molar-refractivity contribution in [1.29, 1.82) is 0 Å². The van der Waals surface area contributed by atoms with E-state index < -0.39 is 30.2 Å². The molecule has 1 aromatic heterocycles. The minimum Gasteiger partial charge on any atom is -0.508 e. The zero-order chi connectivity index (χ0) is 48.2. The van der Waals surface area contributed by atoms with E-state index in [2.05, 4.69) is 16.2 Å². The number of nitrogens with zero attached hydrogens (tertiary/aromatic N) is 4. The Morgan fingerprint density at radius 3 is 2.70 bits per heavy atom. The molecule has 0 bridgehead atoms. The molecular weight excluding hydrogens is 1020 g/mol. The van der Waals surface area contributed by atoms with Gasteiger partial charge in [-0.05, 0) is 88.6 Å². The van der Waals surface area contributed by atoms with Crippen LogP contribution < -0.4 is 35.8 Å². The van der Waals surface area contributed by atoms with Gasteiger partial charge in [0.2, 0.25) is 6.54 Å². The average Bonchev–Trinajstić information content (AvgIpc) is 3.93. The first-order valence-electron chi connectivity index (χ1n) is 22.3. The molecule has 3 heterocycles. The number of aromatic nitrogens is 1. The Labute approximate surface area is 411 Å². The molecule has 21 heteroatoms. The van der Waals surface area contributed by atoms with Gasteiger partial charge in [0, 0.05) is 41.5 Å². The van der Waals surface area contributed by atoms with Crippen molar-refractivity contribution in [3.63, 3.8) is 0 Å². The van der Waals surface area contributed by atoms with Gasteiger partial charge in [-0.3, -0.25) is 19.3 Å². The molecule has 2 unspecified atom stereocenters. The molecule has 1 aromatic carbocycles. The van der Waals surface area contributed by atoms with Gasteiger partial charge in [-0.2, -0.15) is 0 Å². The number of esters is 1. The van der Waals surface area contributed by atoms with Crippen LogP contribution in [0.25, 0.3) is 0 Å². The number of halogens is 1. The topological polar surface area (TPSA) is 195 Å². The first kappa shape index (κ1) is 55.0. The number of ether oxygens (including phenoxy) is 3. The minimum absolute atomic E-state index is 0.0595. The number of epoxide rings is 1. The minimum atomic E-state index is -0.618. The van der Waals surface area contributed by atoms with Crippen LogP contribution in [-0.2, 0) is 48.0 Å². The molecule has 66 heavy (non-hydrogen) atoms. The van der Waals surface area contributed by atoms with Crippen LogP contribution in [0, 0.1) is 17.7 Å². The number of phenolic OH excluding ortho intramolecular Hbond substituents is 1. The van der Waals surface area contributed by atoms with Crippen LogP contribution >= 0.6 is 30.1 Å². The summed E-state index contributed by atoms with van der Waals surface area (Å²) in [6, 6.07) is 4.70. The predicted octanol–water partition coefficient (Wildman–Crippen LogP) is 3.92. The van der Waals surface area contributed by atoms with Gasteiger partial charge in [0.1, 0.15) is 17.1 Å². The summed E-state index contributed by atoms with van der Waals surface area (Å²) in [5.41, 5.74) is 15.9. The fraction of sp³-hybridized carbons (Fsp3) is 0.578. The Hall–Kier alpha value is -3.64. The van der Waals surface area contributed by atoms with E-state index in [-0.39, 0.29) is 81.8 Å². The van der Waals surface area contributed by atoms with Crippen molar-refractivity contribution in [1.82, 2.24) is 31.0 Å². The number of carbonyl (C=O) groups excluding carboxylic acids is 4. The number of rotatable bonds is 28. The molecule has 16 nitrogen and oxygen atoms in total. The molecule has 0 saturated carbocycles. The number of phenols is 1. The van der Waals surface area contributed by atoms with E-state index in [1.807, 2.05) is 77.1 Å². The van der Waals surface area contributed by atoms with E-state index >= 15 is 0 Å². The second kappa shape index (κ2) is 28.6. The van der Waals surface area contributed by atoms with Crippen molar-refractivity contribution in [3.8, 4) is 5.75 Å². The Balaban J connectivity index is 1.42. The number of hydrazine groups is 1. The summed E-state index contributed by atoms with van der Waals surface area (Å²) in [6.45, 7) is 12.4. The second-order valence-electron chi connectivity index (χ2n) is 16.5. The van der Waals surface area contributed by atoms with Crippen LogP contribution in [0.1, 0.15) is 101 Å². The number of aromatic hydroxyl groups is 1. The Kier molecular flexibility index (Phi) is 23.8. The monoisotopic (exact) mass is 1080 g/mol. The number of carbonyl (C=O) groups is 4. The molecule has 4 atom stereocenters. The number of amides is 3. The number of thiazole rings is 1. The van der Waals surface area contributed by atoms with Crippen molar-refractivity contribution < 1.29 is 62.9 Å². The fourth-order valence-electron chi connectivity index (χ4n) is 7.30. The maximum atomic E-state index is 14.6. The summed E-state index contributed by atoms with van der Waals surface area (Å²) in [7, 11) is 5.01. The van der Waals surface area contributed by atoms with E-state index in [4.69, 9.17) is 24.9 Å². The SMILES string of the molecule is [B][I-]SSCCOC(=O)NNC1OC1[C@H](CC[N+](=O)Cc1csc(CC[C@H](C=C(C)C)N(COC(=O)CCC)C(=O)/C(NC(=O)C2=CCCCN2C)=C(/C)CC)n1)Cc1cc(O)ccc1C. The fourth-order valence-corrected chi connectivity index (χ4v) is 11.9. The molecule has 2 aromatic rings. The van der Waals surface area contributed by atoms with Crippen LogP contribution in [0.4, 0.5) is 4.79 Å². The van der Waals surface area contributed by atoms with Gasteiger partial charge in [0.25, 0.3) is 11.8 Å². The van der Waals surface area contributed by atoms with Gasteiger partial charge in [0.15, 0.2) is 13.3 Å². The first-order valence-corrected chi connectivity index (χ1v) is 29.3. The number of likely N-dealkylation sites (N-methyl/N-ethyl adjacent to an activating group) is 1. The van der Waals surface area contributed by atoms with Crippen LogP contribution in [0.15, 0.2) is 58.3 Å². The summed E-state index contributed by atoms with van der Waals surface area (Å²) in [4.78, 5) is 74.7. The number of nitrogens with one attached hydrogen (secondary N) is 3. The van der Waals surface area contributed by atoms with Gasteiger partial charge < -0.3 is 20.1 Å². The molecule has 4 N–H and O–H groups in total. The zero-order valence-corrected chi connectivity index (χ0v) is 43.7. The molecule has 362 valence electrons. The molecule has 2 radical (unpaired) electrons. The first-order chi connectivity index (χ1) is 31.6. The zero-order valence-electron chi connectivity index (χ0n) is 39.1. The summed E-state index contributed by atoms with van der Waals surface area (Å²) >= 11 is 1.04. The number of benzene rings is 1. The Bertz CT molecular complexity index is 2070. The standard InChI is InChI=1S/C45H64BIN7O9S3/c1-8-12-39(56)62-28-54(44(58)40(30(5)9-2)49-42(57)37-13-10-11-19-52(37)7)35(23-29(3)4)15-17-38-48-34(27-64-38)26-53(60)20-18-32(24-33-25-36(55)16-14-31(33)6)41-43(63-41)50-51-45(59)61-21-22-65-66-47-46/h13-14,16,23,25,27,32,35,41,43,50H,8-12,15,17-22,24,26,28H2,1-7H3,(H2-,49,51,55,57,59)/q-1/p+1/b40-30+/t32-,35-,41?,43?/m1/s1. The third-order valence-corrected chi connectivity index (χ3v) is 17.6.